The van der Waals surface area contributed by atoms with Crippen LogP contribution in [0.25, 0.3) is 0 Å². The molecule has 3 heteroatoms. The van der Waals surface area contributed by atoms with E-state index in [9.17, 15) is 0 Å². The van der Waals surface area contributed by atoms with Gasteiger partial charge < -0.3 is 0 Å². The van der Waals surface area contributed by atoms with E-state index >= 15 is 0 Å². The van der Waals surface area contributed by atoms with Crippen LogP contribution in [0.4, 0.5) is 0 Å². The molecular weight excluding hydrogens is 150 g/mol. The predicted octanol–water partition coefficient (Wildman–Crippen LogP) is 1.90. The van der Waals surface area contributed by atoms with E-state index in [1.807, 2.05) is 6.07 Å². The molecule has 0 saturated heterocycles. The van der Waals surface area contributed by atoms with Gasteiger partial charge in [0, 0.05) is 0 Å². The van der Waals surface area contributed by atoms with Crippen molar-refractivity contribution in [1.82, 2.24) is 0 Å². The standard InChI is InChI=1S/C9H9N3/c1-9(2,3)8(6-12)7(4-10)5-11/h1-3H3. The van der Waals surface area contributed by atoms with Crippen molar-refractivity contribution >= 4 is 0 Å². The van der Waals surface area contributed by atoms with E-state index in [4.69, 9.17) is 15.8 Å². The monoisotopic (exact) mass is 159 g/mol. The molecule has 0 fully saturated rings. The van der Waals surface area contributed by atoms with Crippen molar-refractivity contribution < 1.29 is 0 Å². The highest BCUT2D eigenvalue weighted by atomic mass is 14.3. The Hall–Kier alpha value is -1.79. The first kappa shape index (κ1) is 10.2. The lowest BCUT2D eigenvalue weighted by molar-refractivity contribution is 0.518. The SMILES string of the molecule is CC(C)(C)C(C#N)=C(C#N)C#N. The minimum absolute atomic E-state index is 0.0926. The van der Waals surface area contributed by atoms with E-state index in [0.717, 1.165) is 0 Å². The molecule has 0 aliphatic rings. The van der Waals surface area contributed by atoms with Crippen LogP contribution in [-0.2, 0) is 0 Å². The van der Waals surface area contributed by atoms with Gasteiger partial charge in [0.05, 0.1) is 11.6 Å². The number of nitrogens with zero attached hydrogens (tertiary/aromatic N) is 3. The zero-order valence-corrected chi connectivity index (χ0v) is 7.34. The Morgan fingerprint density at radius 2 is 1.33 bits per heavy atom. The fourth-order valence-electron chi connectivity index (χ4n) is 0.735. The van der Waals surface area contributed by atoms with Crippen LogP contribution in [0.3, 0.4) is 0 Å². The van der Waals surface area contributed by atoms with E-state index < -0.39 is 5.41 Å². The fraction of sp³-hybridized carbons (Fsp3) is 0.444. The van der Waals surface area contributed by atoms with Crippen molar-refractivity contribution in [3.05, 3.63) is 11.1 Å². The Bertz CT molecular complexity index is 307. The zero-order chi connectivity index (χ0) is 9.78. The Kier molecular flexibility index (Phi) is 3.03. The molecule has 60 valence electrons. The summed E-state index contributed by atoms with van der Waals surface area (Å²) in [4.78, 5) is 0. The van der Waals surface area contributed by atoms with Gasteiger partial charge in [-0.1, -0.05) is 20.8 Å². The van der Waals surface area contributed by atoms with Crippen LogP contribution in [0.15, 0.2) is 11.1 Å². The van der Waals surface area contributed by atoms with Gasteiger partial charge in [0.15, 0.2) is 0 Å². The van der Waals surface area contributed by atoms with Crippen molar-refractivity contribution in [3.8, 4) is 18.2 Å². The molecule has 12 heavy (non-hydrogen) atoms. The topological polar surface area (TPSA) is 71.4 Å². The predicted molar refractivity (Wildman–Crippen MR) is 43.3 cm³/mol. The number of nitriles is 3. The molecule has 0 aromatic rings. The zero-order valence-electron chi connectivity index (χ0n) is 7.34. The summed E-state index contributed by atoms with van der Waals surface area (Å²) < 4.78 is 0. The highest BCUT2D eigenvalue weighted by Gasteiger charge is 2.21. The van der Waals surface area contributed by atoms with Gasteiger partial charge in [-0.25, -0.2) is 0 Å². The average molecular weight is 159 g/mol. The van der Waals surface area contributed by atoms with E-state index in [2.05, 4.69) is 0 Å². The maximum atomic E-state index is 8.68. The van der Waals surface area contributed by atoms with Gasteiger partial charge in [0.25, 0.3) is 0 Å². The van der Waals surface area contributed by atoms with Crippen molar-refractivity contribution in [3.63, 3.8) is 0 Å². The molecular formula is C9H9N3. The third-order valence-electron chi connectivity index (χ3n) is 1.34. The molecule has 0 heterocycles. The summed E-state index contributed by atoms with van der Waals surface area (Å²) >= 11 is 0. The van der Waals surface area contributed by atoms with E-state index in [1.54, 1.807) is 32.9 Å². The first-order valence-corrected chi connectivity index (χ1v) is 3.42. The van der Waals surface area contributed by atoms with E-state index in [1.165, 1.54) is 0 Å². The Labute approximate surface area is 72.1 Å². The lowest BCUT2D eigenvalue weighted by atomic mass is 9.84. The fourth-order valence-corrected chi connectivity index (χ4v) is 0.735. The first-order valence-electron chi connectivity index (χ1n) is 3.42. The van der Waals surface area contributed by atoms with E-state index in [0.29, 0.717) is 0 Å². The van der Waals surface area contributed by atoms with Gasteiger partial charge in [-0.05, 0) is 5.41 Å². The number of allylic oxidation sites excluding steroid dienone is 2. The lowest BCUT2D eigenvalue weighted by Gasteiger charge is -2.16. The Balaban J connectivity index is 5.39. The minimum Gasteiger partial charge on any atom is -0.193 e. The molecule has 0 atom stereocenters. The average Bonchev–Trinajstić information content (AvgIpc) is 1.97. The number of rotatable bonds is 0. The Morgan fingerprint density at radius 3 is 1.42 bits per heavy atom. The molecule has 0 spiro atoms. The van der Waals surface area contributed by atoms with Gasteiger partial charge in [0.1, 0.15) is 17.7 Å². The lowest BCUT2D eigenvalue weighted by Crippen LogP contribution is -2.09. The largest absolute Gasteiger partial charge is 0.193 e. The number of hydrogen-bond donors (Lipinski definition) is 0. The highest BCUT2D eigenvalue weighted by Crippen LogP contribution is 2.26. The Morgan fingerprint density at radius 1 is 0.917 bits per heavy atom. The molecule has 0 aliphatic heterocycles. The van der Waals surface area contributed by atoms with Crippen LogP contribution in [0, 0.1) is 39.4 Å². The van der Waals surface area contributed by atoms with Gasteiger partial charge >= 0.3 is 0 Å². The van der Waals surface area contributed by atoms with Gasteiger partial charge in [0.2, 0.25) is 0 Å². The maximum absolute atomic E-state index is 8.68. The quantitative estimate of drug-likeness (QED) is 0.507. The first-order chi connectivity index (χ1) is 5.47. The summed E-state index contributed by atoms with van der Waals surface area (Å²) in [6, 6.07) is 5.29. The van der Waals surface area contributed by atoms with Crippen molar-refractivity contribution in [2.75, 3.05) is 0 Å². The third kappa shape index (κ3) is 2.11. The molecule has 0 rings (SSSR count). The van der Waals surface area contributed by atoms with Crippen molar-refractivity contribution in [2.24, 2.45) is 5.41 Å². The number of hydrogen-bond acceptors (Lipinski definition) is 3. The van der Waals surface area contributed by atoms with Gasteiger partial charge in [-0.15, -0.1) is 0 Å². The summed E-state index contributed by atoms with van der Waals surface area (Å²) in [7, 11) is 0. The second-order valence-electron chi connectivity index (χ2n) is 3.34. The smallest absolute Gasteiger partial charge is 0.143 e. The van der Waals surface area contributed by atoms with Crippen molar-refractivity contribution in [2.45, 2.75) is 20.8 Å². The molecule has 0 aliphatic carbocycles. The molecule has 0 saturated carbocycles. The van der Waals surface area contributed by atoms with Crippen LogP contribution in [0.2, 0.25) is 0 Å². The molecule has 0 radical (unpaired) electrons. The van der Waals surface area contributed by atoms with Gasteiger partial charge in [-0.2, -0.15) is 15.8 Å². The molecule has 0 N–H and O–H groups in total. The second kappa shape index (κ2) is 3.56. The molecule has 0 unspecified atom stereocenters. The van der Waals surface area contributed by atoms with Crippen LogP contribution < -0.4 is 0 Å². The molecule has 3 nitrogen and oxygen atoms in total. The maximum Gasteiger partial charge on any atom is 0.143 e. The third-order valence-corrected chi connectivity index (χ3v) is 1.34. The van der Waals surface area contributed by atoms with Crippen LogP contribution in [0.5, 0.6) is 0 Å². The molecule has 0 bridgehead atoms. The minimum atomic E-state index is -0.435. The molecule has 0 amide bonds. The van der Waals surface area contributed by atoms with Crippen molar-refractivity contribution in [1.29, 1.82) is 15.8 Å². The summed E-state index contributed by atoms with van der Waals surface area (Å²) in [5, 5.41) is 25.7. The summed E-state index contributed by atoms with van der Waals surface area (Å²) in [5.74, 6) is 0. The van der Waals surface area contributed by atoms with E-state index in [-0.39, 0.29) is 11.1 Å². The summed E-state index contributed by atoms with van der Waals surface area (Å²) in [6.45, 7) is 5.38. The van der Waals surface area contributed by atoms with Gasteiger partial charge in [-0.3, -0.25) is 0 Å². The van der Waals surface area contributed by atoms with Crippen LogP contribution in [0.1, 0.15) is 20.8 Å². The normalized spacial score (nSPS) is 9.00. The van der Waals surface area contributed by atoms with Crippen LogP contribution in [-0.4, -0.2) is 0 Å². The van der Waals surface area contributed by atoms with Crippen LogP contribution >= 0.6 is 0 Å². The molecule has 0 aromatic carbocycles. The second-order valence-corrected chi connectivity index (χ2v) is 3.34. The summed E-state index contributed by atoms with van der Waals surface area (Å²) in [5.41, 5.74) is -0.285. The highest BCUT2D eigenvalue weighted by molar-refractivity contribution is 5.48. The molecule has 0 aromatic heterocycles. The summed E-state index contributed by atoms with van der Waals surface area (Å²) in [6.07, 6.45) is 0.